The minimum absolute atomic E-state index is 0.0963. The summed E-state index contributed by atoms with van der Waals surface area (Å²) < 4.78 is 0. The van der Waals surface area contributed by atoms with Gasteiger partial charge in [0.15, 0.2) is 0 Å². The Hall–Kier alpha value is -4.88. The summed E-state index contributed by atoms with van der Waals surface area (Å²) in [6, 6.07) is 55.0. The van der Waals surface area contributed by atoms with E-state index in [1.54, 1.807) is 11.1 Å². The molecule has 4 fully saturated rings. The lowest BCUT2D eigenvalue weighted by Gasteiger charge is -2.61. The van der Waals surface area contributed by atoms with E-state index in [1.807, 2.05) is 0 Å². The van der Waals surface area contributed by atoms with Gasteiger partial charge in [-0.05, 0) is 142 Å². The fourth-order valence-corrected chi connectivity index (χ4v) is 11.2. The third-order valence-corrected chi connectivity index (χ3v) is 13.2. The first-order valence-corrected chi connectivity index (χ1v) is 19.3. The summed E-state index contributed by atoms with van der Waals surface area (Å²) in [6.07, 6.45) is 7.18. The number of rotatable bonds is 5. The van der Waals surface area contributed by atoms with Gasteiger partial charge in [-0.3, -0.25) is 0 Å². The highest BCUT2D eigenvalue weighted by atomic mass is 15.1. The van der Waals surface area contributed by atoms with Gasteiger partial charge in [-0.15, -0.1) is 0 Å². The van der Waals surface area contributed by atoms with E-state index in [9.17, 15) is 0 Å². The molecular formula is C50H47N. The molecule has 1 nitrogen and oxygen atoms in total. The Balaban J connectivity index is 1.06. The average molecular weight is 662 g/mol. The first kappa shape index (κ1) is 30.9. The van der Waals surface area contributed by atoms with Gasteiger partial charge in [-0.25, -0.2) is 0 Å². The van der Waals surface area contributed by atoms with Crippen LogP contribution in [0.1, 0.15) is 69.6 Å². The van der Waals surface area contributed by atoms with Crippen LogP contribution in [0, 0.1) is 23.7 Å². The minimum Gasteiger partial charge on any atom is -0.310 e. The Kier molecular flexibility index (Phi) is 7.01. The monoisotopic (exact) mass is 661 g/mol. The molecule has 4 bridgehead atoms. The second kappa shape index (κ2) is 11.6. The number of fused-ring (bicyclic) bond motifs is 3. The van der Waals surface area contributed by atoms with Gasteiger partial charge in [0.05, 0.1) is 5.69 Å². The standard InChI is InChI=1S/C50H47N/c1-49(2,3)38-20-24-42(25-21-38)51(48-16-10-8-13-43(48)36-11-5-4-6-12-36)41-22-17-35(18-23-41)37-19-26-47-45(32-37)44-14-7-9-15-46(44)50(47)39-28-33-27-34(30-39)31-40(50)29-33/h4-26,32-34,39-40H,27-31H2,1-3H3. The molecule has 252 valence electrons. The van der Waals surface area contributed by atoms with Gasteiger partial charge in [0.25, 0.3) is 0 Å². The molecule has 1 heteroatoms. The van der Waals surface area contributed by atoms with E-state index in [-0.39, 0.29) is 10.8 Å². The van der Waals surface area contributed by atoms with Crippen LogP contribution in [0.4, 0.5) is 17.1 Å². The van der Waals surface area contributed by atoms with Crippen molar-refractivity contribution < 1.29 is 0 Å². The van der Waals surface area contributed by atoms with Crippen LogP contribution < -0.4 is 4.90 Å². The number of para-hydroxylation sites is 1. The molecule has 0 radical (unpaired) electrons. The van der Waals surface area contributed by atoms with Crippen LogP contribution in [-0.2, 0) is 10.8 Å². The summed E-state index contributed by atoms with van der Waals surface area (Å²) in [7, 11) is 0. The molecule has 11 rings (SSSR count). The zero-order valence-electron chi connectivity index (χ0n) is 30.1. The number of benzene rings is 6. The third-order valence-electron chi connectivity index (χ3n) is 13.2. The van der Waals surface area contributed by atoms with Crippen molar-refractivity contribution in [2.24, 2.45) is 23.7 Å². The number of hydrogen-bond acceptors (Lipinski definition) is 1. The highest BCUT2D eigenvalue weighted by Gasteiger charge is 2.61. The Labute approximate surface area is 304 Å². The van der Waals surface area contributed by atoms with Crippen molar-refractivity contribution in [1.29, 1.82) is 0 Å². The van der Waals surface area contributed by atoms with E-state index >= 15 is 0 Å². The van der Waals surface area contributed by atoms with Crippen molar-refractivity contribution in [3.63, 3.8) is 0 Å². The van der Waals surface area contributed by atoms with Crippen LogP contribution >= 0.6 is 0 Å². The molecule has 1 spiro atoms. The Morgan fingerprint density at radius 2 is 1.02 bits per heavy atom. The van der Waals surface area contributed by atoms with Gasteiger partial charge in [0.1, 0.15) is 0 Å². The van der Waals surface area contributed by atoms with Gasteiger partial charge < -0.3 is 4.90 Å². The number of nitrogens with zero attached hydrogens (tertiary/aromatic N) is 1. The molecule has 5 aliphatic rings. The Bertz CT molecular complexity index is 2210. The molecule has 4 saturated carbocycles. The van der Waals surface area contributed by atoms with Gasteiger partial charge >= 0.3 is 0 Å². The van der Waals surface area contributed by atoms with Crippen molar-refractivity contribution in [2.45, 2.75) is 63.7 Å². The normalized spacial score (nSPS) is 24.1. The fraction of sp³-hybridized carbons (Fsp3) is 0.280. The van der Waals surface area contributed by atoms with Gasteiger partial charge in [0.2, 0.25) is 0 Å². The maximum absolute atomic E-state index is 2.54. The summed E-state index contributed by atoms with van der Waals surface area (Å²) in [6.45, 7) is 6.84. The summed E-state index contributed by atoms with van der Waals surface area (Å²) in [5.74, 6) is 3.51. The summed E-state index contributed by atoms with van der Waals surface area (Å²) in [4.78, 5) is 2.42. The molecule has 5 aliphatic carbocycles. The summed E-state index contributed by atoms with van der Waals surface area (Å²) >= 11 is 0. The molecular weight excluding hydrogens is 615 g/mol. The molecule has 0 atom stereocenters. The van der Waals surface area contributed by atoms with E-state index < -0.39 is 0 Å². The summed E-state index contributed by atoms with van der Waals surface area (Å²) in [5.41, 5.74) is 16.4. The van der Waals surface area contributed by atoms with Crippen LogP contribution in [0.5, 0.6) is 0 Å². The first-order valence-electron chi connectivity index (χ1n) is 19.3. The van der Waals surface area contributed by atoms with Crippen LogP contribution in [-0.4, -0.2) is 0 Å². The van der Waals surface area contributed by atoms with Crippen LogP contribution in [0.2, 0.25) is 0 Å². The van der Waals surface area contributed by atoms with Crippen LogP contribution in [0.15, 0.2) is 146 Å². The molecule has 0 aromatic heterocycles. The van der Waals surface area contributed by atoms with E-state index in [4.69, 9.17) is 0 Å². The van der Waals surface area contributed by atoms with Crippen LogP contribution in [0.3, 0.4) is 0 Å². The maximum atomic E-state index is 2.54. The van der Waals surface area contributed by atoms with Crippen LogP contribution in [0.25, 0.3) is 33.4 Å². The predicted molar refractivity (Wildman–Crippen MR) is 214 cm³/mol. The summed E-state index contributed by atoms with van der Waals surface area (Å²) in [5, 5.41) is 0. The fourth-order valence-electron chi connectivity index (χ4n) is 11.2. The van der Waals surface area contributed by atoms with Gasteiger partial charge in [-0.2, -0.15) is 0 Å². The van der Waals surface area contributed by atoms with Crippen molar-refractivity contribution in [2.75, 3.05) is 4.90 Å². The molecule has 0 aliphatic heterocycles. The lowest BCUT2D eigenvalue weighted by molar-refractivity contribution is -0.0399. The zero-order valence-corrected chi connectivity index (χ0v) is 30.1. The zero-order chi connectivity index (χ0) is 34.3. The molecule has 6 aromatic rings. The van der Waals surface area contributed by atoms with E-state index in [1.165, 1.54) is 76.7 Å². The van der Waals surface area contributed by atoms with Gasteiger partial charge in [-0.1, -0.05) is 130 Å². The van der Waals surface area contributed by atoms with Crippen molar-refractivity contribution >= 4 is 17.1 Å². The van der Waals surface area contributed by atoms with Crippen molar-refractivity contribution in [3.8, 4) is 33.4 Å². The Morgan fingerprint density at radius 3 is 1.69 bits per heavy atom. The smallest absolute Gasteiger partial charge is 0.0540 e. The second-order valence-corrected chi connectivity index (χ2v) is 17.0. The molecule has 6 aromatic carbocycles. The van der Waals surface area contributed by atoms with Gasteiger partial charge in [0, 0.05) is 22.4 Å². The SMILES string of the molecule is CC(C)(C)c1ccc(N(c2ccc(-c3ccc4c(c3)-c3ccccc3C43C4CC5CC(C4)CC3C5)cc2)c2ccccc2-c2ccccc2)cc1. The van der Waals surface area contributed by atoms with Crippen molar-refractivity contribution in [3.05, 3.63) is 162 Å². The Morgan fingerprint density at radius 1 is 0.471 bits per heavy atom. The molecule has 0 unspecified atom stereocenters. The third kappa shape index (κ3) is 4.81. The maximum Gasteiger partial charge on any atom is 0.0540 e. The first-order chi connectivity index (χ1) is 24.9. The van der Waals surface area contributed by atoms with E-state index in [0.29, 0.717) is 0 Å². The second-order valence-electron chi connectivity index (χ2n) is 17.0. The predicted octanol–water partition coefficient (Wildman–Crippen LogP) is 13.5. The largest absolute Gasteiger partial charge is 0.310 e. The minimum atomic E-state index is 0.0963. The molecule has 0 amide bonds. The molecule has 51 heavy (non-hydrogen) atoms. The topological polar surface area (TPSA) is 3.24 Å². The highest BCUT2D eigenvalue weighted by Crippen LogP contribution is 2.69. The average Bonchev–Trinajstić information content (AvgIpc) is 3.44. The molecule has 0 N–H and O–H groups in total. The van der Waals surface area contributed by atoms with Crippen molar-refractivity contribution in [1.82, 2.24) is 0 Å². The lowest BCUT2D eigenvalue weighted by atomic mass is 9.43. The number of hydrogen-bond donors (Lipinski definition) is 0. The van der Waals surface area contributed by atoms with E-state index in [2.05, 4.69) is 171 Å². The highest BCUT2D eigenvalue weighted by molar-refractivity contribution is 5.89. The van der Waals surface area contributed by atoms with E-state index in [0.717, 1.165) is 35.0 Å². The molecule has 0 saturated heterocycles. The number of anilines is 3. The quantitative estimate of drug-likeness (QED) is 0.178. The molecule has 0 heterocycles. The lowest BCUT2D eigenvalue weighted by Crippen LogP contribution is -2.55.